The molecule has 4 fully saturated rings. The average Bonchev–Trinajstić information content (AvgIpc) is 2.52. The van der Waals surface area contributed by atoms with Gasteiger partial charge in [0.25, 0.3) is 0 Å². The van der Waals surface area contributed by atoms with Crippen LogP contribution in [0.3, 0.4) is 0 Å². The summed E-state index contributed by atoms with van der Waals surface area (Å²) >= 11 is 0. The van der Waals surface area contributed by atoms with Gasteiger partial charge in [0.2, 0.25) is 5.91 Å². The summed E-state index contributed by atoms with van der Waals surface area (Å²) in [4.78, 5) is 23.3. The van der Waals surface area contributed by atoms with Gasteiger partial charge in [-0.25, -0.2) is 0 Å². The Kier molecular flexibility index (Phi) is 4.03. The lowest BCUT2D eigenvalue weighted by Crippen LogP contribution is -2.47. The molecular weight excluding hydrogens is 298 g/mol. The molecule has 126 valence electrons. The summed E-state index contributed by atoms with van der Waals surface area (Å²) in [5.74, 6) is 2.73. The molecule has 0 heterocycles. The Hall–Kier alpha value is -1.90. The molecule has 4 saturated carbocycles. The van der Waals surface area contributed by atoms with Crippen molar-refractivity contribution in [3.63, 3.8) is 0 Å². The third-order valence-electron chi connectivity index (χ3n) is 6.29. The molecule has 1 N–H and O–H groups in total. The predicted octanol–water partition coefficient (Wildman–Crippen LogP) is 4.44. The number of aldehydes is 1. The van der Waals surface area contributed by atoms with E-state index in [4.69, 9.17) is 0 Å². The maximum atomic E-state index is 12.7. The van der Waals surface area contributed by atoms with Gasteiger partial charge in [0.1, 0.15) is 6.29 Å². The van der Waals surface area contributed by atoms with Crippen molar-refractivity contribution >= 4 is 24.0 Å². The topological polar surface area (TPSA) is 46.2 Å². The van der Waals surface area contributed by atoms with Crippen LogP contribution in [0, 0.1) is 23.2 Å². The fourth-order valence-corrected chi connectivity index (χ4v) is 5.94. The zero-order chi connectivity index (χ0) is 16.6. The highest BCUT2D eigenvalue weighted by Gasteiger charge is 2.51. The van der Waals surface area contributed by atoms with Crippen molar-refractivity contribution in [1.82, 2.24) is 0 Å². The van der Waals surface area contributed by atoms with E-state index in [0.29, 0.717) is 6.42 Å². The van der Waals surface area contributed by atoms with Gasteiger partial charge in [0.05, 0.1) is 0 Å². The second-order valence-corrected chi connectivity index (χ2v) is 8.22. The lowest BCUT2D eigenvalue weighted by atomic mass is 9.49. The summed E-state index contributed by atoms with van der Waals surface area (Å²) < 4.78 is 0. The van der Waals surface area contributed by atoms with Crippen LogP contribution in [0.5, 0.6) is 0 Å². The summed E-state index contributed by atoms with van der Waals surface area (Å²) in [7, 11) is 0. The number of nitrogens with one attached hydrogen (secondary N) is 1. The molecule has 1 aromatic carbocycles. The summed E-state index contributed by atoms with van der Waals surface area (Å²) in [5.41, 5.74) is 1.93. The van der Waals surface area contributed by atoms with Crippen LogP contribution in [0.25, 0.3) is 6.08 Å². The number of hydrogen-bond acceptors (Lipinski definition) is 2. The van der Waals surface area contributed by atoms with Gasteiger partial charge >= 0.3 is 0 Å². The fraction of sp³-hybridized carbons (Fsp3) is 0.524. The van der Waals surface area contributed by atoms with Crippen molar-refractivity contribution in [3.05, 3.63) is 35.9 Å². The van der Waals surface area contributed by atoms with Gasteiger partial charge in [0.15, 0.2) is 0 Å². The predicted molar refractivity (Wildman–Crippen MR) is 95.4 cm³/mol. The van der Waals surface area contributed by atoms with Crippen LogP contribution >= 0.6 is 0 Å². The summed E-state index contributed by atoms with van der Waals surface area (Å²) in [6.07, 6.45) is 12.6. The highest BCUT2D eigenvalue weighted by atomic mass is 16.1. The number of amides is 1. The van der Waals surface area contributed by atoms with Gasteiger partial charge in [-0.1, -0.05) is 18.2 Å². The molecule has 0 spiro atoms. The van der Waals surface area contributed by atoms with Gasteiger partial charge in [-0.2, -0.15) is 0 Å². The van der Waals surface area contributed by atoms with E-state index >= 15 is 0 Å². The minimum Gasteiger partial charge on any atom is -0.326 e. The zero-order valence-electron chi connectivity index (χ0n) is 14.0. The molecule has 24 heavy (non-hydrogen) atoms. The van der Waals surface area contributed by atoms with Gasteiger partial charge in [-0.3, -0.25) is 9.59 Å². The minimum atomic E-state index is 0.129. The fourth-order valence-electron chi connectivity index (χ4n) is 5.94. The van der Waals surface area contributed by atoms with Crippen LogP contribution in [0.2, 0.25) is 0 Å². The van der Waals surface area contributed by atoms with Gasteiger partial charge in [-0.15, -0.1) is 0 Å². The highest BCUT2D eigenvalue weighted by molar-refractivity contribution is 5.94. The maximum Gasteiger partial charge on any atom is 0.224 e. The second kappa shape index (κ2) is 6.19. The summed E-state index contributed by atoms with van der Waals surface area (Å²) in [6, 6.07) is 7.65. The molecule has 0 aliphatic heterocycles. The van der Waals surface area contributed by atoms with E-state index in [1.807, 2.05) is 24.3 Å². The van der Waals surface area contributed by atoms with Crippen molar-refractivity contribution in [2.45, 2.75) is 44.9 Å². The number of anilines is 1. The molecular formula is C21H25NO2. The summed E-state index contributed by atoms with van der Waals surface area (Å²) in [5, 5.41) is 3.09. The molecule has 4 bridgehead atoms. The van der Waals surface area contributed by atoms with Crippen LogP contribution in [0.15, 0.2) is 30.3 Å². The number of carbonyl (C=O) groups is 2. The van der Waals surface area contributed by atoms with E-state index in [9.17, 15) is 9.59 Å². The lowest BCUT2D eigenvalue weighted by Gasteiger charge is -2.56. The van der Waals surface area contributed by atoms with E-state index in [-0.39, 0.29) is 11.3 Å². The van der Waals surface area contributed by atoms with Gasteiger partial charge in [0, 0.05) is 12.1 Å². The second-order valence-electron chi connectivity index (χ2n) is 8.22. The molecule has 0 radical (unpaired) electrons. The molecule has 1 amide bonds. The first-order chi connectivity index (χ1) is 11.7. The van der Waals surface area contributed by atoms with Crippen molar-refractivity contribution in [1.29, 1.82) is 0 Å². The largest absolute Gasteiger partial charge is 0.326 e. The number of allylic oxidation sites excluding steroid dienone is 1. The Morgan fingerprint density at radius 3 is 2.33 bits per heavy atom. The van der Waals surface area contributed by atoms with Crippen LogP contribution < -0.4 is 5.32 Å². The molecule has 3 nitrogen and oxygen atoms in total. The molecule has 3 heteroatoms. The van der Waals surface area contributed by atoms with E-state index in [0.717, 1.165) is 35.3 Å². The van der Waals surface area contributed by atoms with Gasteiger partial charge in [-0.05, 0) is 85.5 Å². The normalized spacial score (nSPS) is 33.8. The van der Waals surface area contributed by atoms with E-state index in [2.05, 4.69) is 5.32 Å². The number of carbonyl (C=O) groups excluding carboxylic acids is 2. The van der Waals surface area contributed by atoms with Crippen LogP contribution in [-0.4, -0.2) is 12.2 Å². The molecule has 0 aromatic heterocycles. The third-order valence-corrected chi connectivity index (χ3v) is 6.29. The molecule has 5 rings (SSSR count). The Bertz CT molecular complexity index is 641. The monoisotopic (exact) mass is 323 g/mol. The number of para-hydroxylation sites is 1. The quantitative estimate of drug-likeness (QED) is 0.643. The molecule has 4 aliphatic carbocycles. The number of hydrogen-bond donors (Lipinski definition) is 1. The molecule has 4 aliphatic rings. The molecule has 0 atom stereocenters. The van der Waals surface area contributed by atoms with Crippen molar-refractivity contribution in [2.75, 3.05) is 5.32 Å². The smallest absolute Gasteiger partial charge is 0.224 e. The average molecular weight is 323 g/mol. The standard InChI is InChI=1S/C21H25NO2/c23-7-3-5-18-4-1-2-6-19(18)22-20(24)14-21-11-15-8-16(12-21)10-17(9-15)13-21/h1-7,15-17H,8-14H2,(H,22,24)/b5-3+. The maximum absolute atomic E-state index is 12.7. The highest BCUT2D eigenvalue weighted by Crippen LogP contribution is 2.61. The minimum absolute atomic E-state index is 0.129. The van der Waals surface area contributed by atoms with E-state index < -0.39 is 0 Å². The Labute approximate surface area is 143 Å². The molecule has 1 aromatic rings. The first-order valence-corrected chi connectivity index (χ1v) is 9.16. The van der Waals surface area contributed by atoms with Crippen molar-refractivity contribution < 1.29 is 9.59 Å². The first kappa shape index (κ1) is 15.6. The Balaban J connectivity index is 1.46. The van der Waals surface area contributed by atoms with Crippen LogP contribution in [-0.2, 0) is 9.59 Å². The molecule has 0 unspecified atom stereocenters. The Morgan fingerprint density at radius 1 is 1.08 bits per heavy atom. The van der Waals surface area contributed by atoms with Crippen molar-refractivity contribution in [3.8, 4) is 0 Å². The zero-order valence-corrected chi connectivity index (χ0v) is 14.0. The first-order valence-electron chi connectivity index (χ1n) is 9.16. The van der Waals surface area contributed by atoms with Crippen LogP contribution in [0.4, 0.5) is 5.69 Å². The Morgan fingerprint density at radius 2 is 1.71 bits per heavy atom. The third kappa shape index (κ3) is 3.04. The van der Waals surface area contributed by atoms with E-state index in [1.54, 1.807) is 6.08 Å². The van der Waals surface area contributed by atoms with Crippen molar-refractivity contribution in [2.24, 2.45) is 23.2 Å². The number of rotatable bonds is 5. The summed E-state index contributed by atoms with van der Waals surface area (Å²) in [6.45, 7) is 0. The SMILES string of the molecule is O=C/C=C/c1ccccc1NC(=O)CC12CC3CC(CC(C3)C1)C2. The van der Waals surface area contributed by atoms with E-state index in [1.165, 1.54) is 44.6 Å². The van der Waals surface area contributed by atoms with Crippen LogP contribution in [0.1, 0.15) is 50.5 Å². The number of benzene rings is 1. The molecule has 0 saturated heterocycles. The lowest BCUT2D eigenvalue weighted by molar-refractivity contribution is -0.124. The van der Waals surface area contributed by atoms with Gasteiger partial charge < -0.3 is 5.32 Å².